The number of fused-ring (bicyclic) bond motifs is 1. The van der Waals surface area contributed by atoms with E-state index in [1.165, 1.54) is 12.8 Å². The summed E-state index contributed by atoms with van der Waals surface area (Å²) in [5.74, 6) is 1.15. The molecule has 0 radical (unpaired) electrons. The average molecular weight is 536 g/mol. The van der Waals surface area contributed by atoms with Crippen molar-refractivity contribution in [3.05, 3.63) is 90.3 Å². The minimum absolute atomic E-state index is 0.0362. The SMILES string of the molecule is Cc1nccn2c([C@@H]3CCCN3C(=O)C=CCN3CCCC3)nc(-c3ccc(C(=O)Nc4ccccn4)cc3)c12. The molecule has 9 nitrogen and oxygen atoms in total. The van der Waals surface area contributed by atoms with E-state index in [9.17, 15) is 9.59 Å². The average Bonchev–Trinajstić information content (AvgIpc) is 3.74. The molecular formula is C31H33N7O2. The fourth-order valence-electron chi connectivity index (χ4n) is 5.72. The van der Waals surface area contributed by atoms with Gasteiger partial charge in [-0.3, -0.25) is 23.9 Å². The number of aryl methyl sites for hydroxylation is 1. The van der Waals surface area contributed by atoms with Gasteiger partial charge in [0.1, 0.15) is 11.6 Å². The first-order valence-corrected chi connectivity index (χ1v) is 13.9. The zero-order valence-electron chi connectivity index (χ0n) is 22.7. The molecule has 2 aliphatic rings. The fraction of sp³-hybridized carbons (Fsp3) is 0.323. The smallest absolute Gasteiger partial charge is 0.256 e. The lowest BCUT2D eigenvalue weighted by Gasteiger charge is -2.22. The molecule has 204 valence electrons. The zero-order valence-corrected chi connectivity index (χ0v) is 22.7. The Morgan fingerprint density at radius 3 is 2.60 bits per heavy atom. The summed E-state index contributed by atoms with van der Waals surface area (Å²) in [4.78, 5) is 44.1. The van der Waals surface area contributed by atoms with Crippen molar-refractivity contribution in [2.75, 3.05) is 31.5 Å². The Bertz CT molecular complexity index is 1540. The monoisotopic (exact) mass is 535 g/mol. The maximum Gasteiger partial charge on any atom is 0.256 e. The van der Waals surface area contributed by atoms with Gasteiger partial charge in [-0.1, -0.05) is 24.3 Å². The summed E-state index contributed by atoms with van der Waals surface area (Å²) in [6.45, 7) is 5.72. The summed E-state index contributed by atoms with van der Waals surface area (Å²) in [6, 6.07) is 12.7. The molecule has 1 aromatic carbocycles. The number of amides is 2. The van der Waals surface area contributed by atoms with Crippen LogP contribution in [0.2, 0.25) is 0 Å². The van der Waals surface area contributed by atoms with Gasteiger partial charge in [0.05, 0.1) is 22.9 Å². The highest BCUT2D eigenvalue weighted by atomic mass is 16.2. The van der Waals surface area contributed by atoms with Crippen LogP contribution in [-0.4, -0.2) is 67.1 Å². The number of pyridine rings is 1. The Labute approximate surface area is 233 Å². The minimum Gasteiger partial charge on any atom is -0.329 e. The number of aromatic nitrogens is 4. The summed E-state index contributed by atoms with van der Waals surface area (Å²) in [5.41, 5.74) is 3.97. The van der Waals surface area contributed by atoms with Crippen molar-refractivity contribution in [3.8, 4) is 11.3 Å². The van der Waals surface area contributed by atoms with Crippen LogP contribution in [0.25, 0.3) is 16.8 Å². The number of carbonyl (C=O) groups excluding carboxylic acids is 2. The Hall–Kier alpha value is -4.37. The van der Waals surface area contributed by atoms with Crippen LogP contribution in [-0.2, 0) is 4.79 Å². The Kier molecular flexibility index (Phi) is 7.37. The third-order valence-corrected chi connectivity index (χ3v) is 7.75. The zero-order chi connectivity index (χ0) is 27.5. The van der Waals surface area contributed by atoms with Gasteiger partial charge in [-0.05, 0) is 70.0 Å². The summed E-state index contributed by atoms with van der Waals surface area (Å²) < 4.78 is 2.07. The normalized spacial score (nSPS) is 17.7. The molecule has 2 saturated heterocycles. The first-order chi connectivity index (χ1) is 19.6. The van der Waals surface area contributed by atoms with E-state index in [1.807, 2.05) is 42.3 Å². The molecule has 0 aliphatic carbocycles. The summed E-state index contributed by atoms with van der Waals surface area (Å²) in [6.07, 6.45) is 13.3. The van der Waals surface area contributed by atoms with E-state index >= 15 is 0 Å². The third kappa shape index (κ3) is 5.24. The quantitative estimate of drug-likeness (QED) is 0.346. The van der Waals surface area contributed by atoms with E-state index in [0.717, 1.165) is 60.8 Å². The molecule has 2 fully saturated rings. The molecule has 0 unspecified atom stereocenters. The second-order valence-corrected chi connectivity index (χ2v) is 10.4. The topological polar surface area (TPSA) is 95.7 Å². The first kappa shape index (κ1) is 25.9. The third-order valence-electron chi connectivity index (χ3n) is 7.75. The molecular weight excluding hydrogens is 502 g/mol. The van der Waals surface area contributed by atoms with Gasteiger partial charge < -0.3 is 10.2 Å². The Morgan fingerprint density at radius 1 is 1.00 bits per heavy atom. The van der Waals surface area contributed by atoms with Crippen molar-refractivity contribution in [2.24, 2.45) is 0 Å². The molecule has 0 spiro atoms. The molecule has 2 amide bonds. The number of anilines is 1. The predicted molar refractivity (Wildman–Crippen MR) is 154 cm³/mol. The number of hydrogen-bond acceptors (Lipinski definition) is 6. The van der Waals surface area contributed by atoms with Crippen LogP contribution >= 0.6 is 0 Å². The number of imidazole rings is 1. The highest BCUT2D eigenvalue weighted by molar-refractivity contribution is 6.04. The number of nitrogens with one attached hydrogen (secondary N) is 1. The van der Waals surface area contributed by atoms with Crippen LogP contribution in [0.1, 0.15) is 53.6 Å². The number of carbonyl (C=O) groups is 2. The number of hydrogen-bond donors (Lipinski definition) is 1. The highest BCUT2D eigenvalue weighted by Crippen LogP contribution is 2.36. The number of rotatable bonds is 7. The molecule has 1 atom stereocenters. The molecule has 1 N–H and O–H groups in total. The van der Waals surface area contributed by atoms with Crippen LogP contribution in [0.15, 0.2) is 73.2 Å². The van der Waals surface area contributed by atoms with Crippen molar-refractivity contribution in [2.45, 2.75) is 38.6 Å². The molecule has 4 aromatic rings. The molecule has 9 heteroatoms. The number of benzene rings is 1. The lowest BCUT2D eigenvalue weighted by Crippen LogP contribution is -2.30. The Balaban J connectivity index is 1.26. The second kappa shape index (κ2) is 11.4. The van der Waals surface area contributed by atoms with Gasteiger partial charge in [0.25, 0.3) is 5.91 Å². The van der Waals surface area contributed by atoms with Crippen LogP contribution in [0.5, 0.6) is 0 Å². The number of nitrogens with zero attached hydrogens (tertiary/aromatic N) is 6. The largest absolute Gasteiger partial charge is 0.329 e. The molecule has 5 heterocycles. The fourth-order valence-corrected chi connectivity index (χ4v) is 5.72. The molecule has 40 heavy (non-hydrogen) atoms. The molecule has 0 bridgehead atoms. The van der Waals surface area contributed by atoms with Crippen molar-refractivity contribution in [3.63, 3.8) is 0 Å². The highest BCUT2D eigenvalue weighted by Gasteiger charge is 2.33. The van der Waals surface area contributed by atoms with Crippen LogP contribution in [0, 0.1) is 6.92 Å². The van der Waals surface area contributed by atoms with Gasteiger partial charge in [0, 0.05) is 48.9 Å². The van der Waals surface area contributed by atoms with E-state index in [0.29, 0.717) is 17.9 Å². The van der Waals surface area contributed by atoms with Crippen molar-refractivity contribution in [1.29, 1.82) is 0 Å². The van der Waals surface area contributed by atoms with Gasteiger partial charge in [-0.25, -0.2) is 9.97 Å². The summed E-state index contributed by atoms with van der Waals surface area (Å²) in [7, 11) is 0. The van der Waals surface area contributed by atoms with E-state index in [4.69, 9.17) is 4.98 Å². The molecule has 6 rings (SSSR count). The van der Waals surface area contributed by atoms with Crippen molar-refractivity contribution in [1.82, 2.24) is 29.2 Å². The summed E-state index contributed by atoms with van der Waals surface area (Å²) in [5, 5.41) is 2.82. The van der Waals surface area contributed by atoms with Crippen LogP contribution < -0.4 is 5.32 Å². The van der Waals surface area contributed by atoms with Gasteiger partial charge in [-0.15, -0.1) is 0 Å². The lowest BCUT2D eigenvalue weighted by atomic mass is 10.1. The lowest BCUT2D eigenvalue weighted by molar-refractivity contribution is -0.127. The first-order valence-electron chi connectivity index (χ1n) is 13.9. The minimum atomic E-state index is -0.226. The number of likely N-dealkylation sites (tertiary alicyclic amines) is 2. The second-order valence-electron chi connectivity index (χ2n) is 10.4. The van der Waals surface area contributed by atoms with Crippen molar-refractivity contribution < 1.29 is 9.59 Å². The molecule has 2 aliphatic heterocycles. The van der Waals surface area contributed by atoms with Crippen LogP contribution in [0.4, 0.5) is 5.82 Å². The van der Waals surface area contributed by atoms with Crippen molar-refractivity contribution >= 4 is 23.1 Å². The maximum absolute atomic E-state index is 13.2. The van der Waals surface area contributed by atoms with Gasteiger partial charge >= 0.3 is 0 Å². The van der Waals surface area contributed by atoms with Gasteiger partial charge in [0.15, 0.2) is 0 Å². The summed E-state index contributed by atoms with van der Waals surface area (Å²) >= 11 is 0. The van der Waals surface area contributed by atoms with E-state index in [1.54, 1.807) is 42.7 Å². The maximum atomic E-state index is 13.2. The predicted octanol–water partition coefficient (Wildman–Crippen LogP) is 4.67. The van der Waals surface area contributed by atoms with Gasteiger partial charge in [-0.2, -0.15) is 0 Å². The van der Waals surface area contributed by atoms with E-state index < -0.39 is 0 Å². The van der Waals surface area contributed by atoms with Gasteiger partial charge in [0.2, 0.25) is 5.91 Å². The molecule has 0 saturated carbocycles. The van der Waals surface area contributed by atoms with E-state index in [-0.39, 0.29) is 17.9 Å². The molecule has 3 aromatic heterocycles. The van der Waals surface area contributed by atoms with E-state index in [2.05, 4.69) is 24.6 Å². The standard InChI is InChI=1S/C31H33N7O2/c1-22-29-28(23-11-13-24(14-12-23)31(40)34-26-9-2-3-15-33-26)35-30(38(29)21-16-32-22)25-8-6-20-37(25)27(39)10-7-19-36-17-4-5-18-36/h2-3,7,9-16,21,25H,4-6,8,17-20H2,1H3,(H,33,34,40)/t25-/m0/s1. The van der Waals surface area contributed by atoms with Crippen LogP contribution in [0.3, 0.4) is 0 Å². The Morgan fingerprint density at radius 2 is 1.82 bits per heavy atom.